The predicted octanol–water partition coefficient (Wildman–Crippen LogP) is 3.88. The van der Waals surface area contributed by atoms with Crippen LogP contribution in [0, 0.1) is 5.92 Å². The zero-order chi connectivity index (χ0) is 14.1. The van der Waals surface area contributed by atoms with E-state index in [9.17, 15) is 9.90 Å². The summed E-state index contributed by atoms with van der Waals surface area (Å²) < 4.78 is 1.05. The van der Waals surface area contributed by atoms with Crippen molar-refractivity contribution in [1.82, 2.24) is 5.32 Å². The summed E-state index contributed by atoms with van der Waals surface area (Å²) in [6, 6.07) is 8.40. The maximum Gasteiger partial charge on any atom is 0.346 e. The zero-order valence-electron chi connectivity index (χ0n) is 11.6. The van der Waals surface area contributed by atoms with Gasteiger partial charge < -0.3 is 10.4 Å². The molecule has 0 saturated heterocycles. The maximum atomic E-state index is 11.4. The number of hydrogen-bond acceptors (Lipinski definition) is 3. The second-order valence-electron chi connectivity index (χ2n) is 5.57. The van der Waals surface area contributed by atoms with E-state index in [4.69, 9.17) is 0 Å². The Kier molecular flexibility index (Phi) is 3.76. The van der Waals surface area contributed by atoms with Crippen LogP contribution in [-0.2, 0) is 6.54 Å². The summed E-state index contributed by atoms with van der Waals surface area (Å²) in [6.45, 7) is 2.85. The Hall–Kier alpha value is -1.39. The third-order valence-corrected chi connectivity index (χ3v) is 5.55. The molecule has 1 saturated carbocycles. The molecule has 1 aliphatic carbocycles. The fraction of sp³-hybridized carbons (Fsp3) is 0.438. The highest BCUT2D eigenvalue weighted by molar-refractivity contribution is 7.21. The Morgan fingerprint density at radius 2 is 2.20 bits per heavy atom. The molecule has 1 fully saturated rings. The van der Waals surface area contributed by atoms with Gasteiger partial charge >= 0.3 is 5.97 Å². The number of carboxylic acid groups (broad SMARTS) is 1. The average Bonchev–Trinajstić information content (AvgIpc) is 2.73. The zero-order valence-corrected chi connectivity index (χ0v) is 12.4. The topological polar surface area (TPSA) is 49.3 Å². The fourth-order valence-electron chi connectivity index (χ4n) is 2.82. The van der Waals surface area contributed by atoms with E-state index < -0.39 is 5.97 Å². The van der Waals surface area contributed by atoms with E-state index in [-0.39, 0.29) is 0 Å². The van der Waals surface area contributed by atoms with Crippen molar-refractivity contribution in [2.24, 2.45) is 5.92 Å². The lowest BCUT2D eigenvalue weighted by atomic mass is 9.80. The Labute approximate surface area is 122 Å². The average molecular weight is 289 g/mol. The van der Waals surface area contributed by atoms with Gasteiger partial charge in [-0.15, -0.1) is 11.3 Å². The van der Waals surface area contributed by atoms with E-state index in [2.05, 4.69) is 12.2 Å². The van der Waals surface area contributed by atoms with Crippen molar-refractivity contribution in [3.8, 4) is 0 Å². The summed E-state index contributed by atoms with van der Waals surface area (Å²) in [5.41, 5.74) is 0.935. The molecule has 2 N–H and O–H groups in total. The number of fused-ring (bicyclic) bond motifs is 1. The minimum absolute atomic E-state index is 0.462. The molecule has 1 aromatic heterocycles. The molecule has 3 rings (SSSR count). The number of carbonyl (C=O) groups is 1. The van der Waals surface area contributed by atoms with Gasteiger partial charge in [-0.05, 0) is 42.7 Å². The first-order chi connectivity index (χ1) is 9.66. The summed E-state index contributed by atoms with van der Waals surface area (Å²) in [5, 5.41) is 14.0. The van der Waals surface area contributed by atoms with Crippen LogP contribution >= 0.6 is 11.3 Å². The summed E-state index contributed by atoms with van der Waals surface area (Å²) in [7, 11) is 0. The quantitative estimate of drug-likeness (QED) is 0.878. The van der Waals surface area contributed by atoms with Crippen LogP contribution in [0.1, 0.15) is 41.4 Å². The van der Waals surface area contributed by atoms with Gasteiger partial charge in [0, 0.05) is 17.3 Å². The Bertz CT molecular complexity index is 630. The van der Waals surface area contributed by atoms with Gasteiger partial charge in [0.15, 0.2) is 0 Å². The molecule has 3 nitrogen and oxygen atoms in total. The number of thiophene rings is 1. The predicted molar refractivity (Wildman–Crippen MR) is 82.4 cm³/mol. The highest BCUT2D eigenvalue weighted by atomic mass is 32.1. The van der Waals surface area contributed by atoms with Gasteiger partial charge in [-0.25, -0.2) is 4.79 Å². The molecule has 4 heteroatoms. The van der Waals surface area contributed by atoms with Crippen molar-refractivity contribution < 1.29 is 9.90 Å². The highest BCUT2D eigenvalue weighted by Gasteiger charge is 2.24. The molecule has 1 aromatic carbocycles. The molecule has 20 heavy (non-hydrogen) atoms. The number of nitrogens with one attached hydrogen (secondary N) is 1. The first kappa shape index (κ1) is 13.6. The van der Waals surface area contributed by atoms with Crippen molar-refractivity contribution in [2.75, 3.05) is 0 Å². The van der Waals surface area contributed by atoms with Gasteiger partial charge in [0.25, 0.3) is 0 Å². The van der Waals surface area contributed by atoms with Gasteiger partial charge in [-0.2, -0.15) is 0 Å². The number of aromatic carboxylic acids is 1. The molecule has 1 heterocycles. The van der Waals surface area contributed by atoms with Gasteiger partial charge in [0.05, 0.1) is 0 Å². The first-order valence-electron chi connectivity index (χ1n) is 7.14. The minimum Gasteiger partial charge on any atom is -0.477 e. The summed E-state index contributed by atoms with van der Waals surface area (Å²) in [4.78, 5) is 11.9. The van der Waals surface area contributed by atoms with Crippen LogP contribution in [0.4, 0.5) is 0 Å². The number of hydrogen-bond donors (Lipinski definition) is 2. The molecule has 0 bridgehead atoms. The minimum atomic E-state index is -0.820. The number of rotatable bonds is 5. The van der Waals surface area contributed by atoms with Crippen LogP contribution in [0.15, 0.2) is 24.3 Å². The lowest BCUT2D eigenvalue weighted by Crippen LogP contribution is -2.36. The van der Waals surface area contributed by atoms with E-state index >= 15 is 0 Å². The Morgan fingerprint density at radius 3 is 2.85 bits per heavy atom. The third-order valence-electron chi connectivity index (χ3n) is 4.35. The standard InChI is InChI=1S/C16H19NO2S/c1-10(11-5-4-6-11)17-9-13-12-7-2-3-8-14(12)20-15(13)16(18)19/h2-3,7-8,10-11,17H,4-6,9H2,1H3,(H,18,19). The van der Waals surface area contributed by atoms with Gasteiger partial charge in [0.1, 0.15) is 4.88 Å². The van der Waals surface area contributed by atoms with Gasteiger partial charge in [-0.3, -0.25) is 0 Å². The monoisotopic (exact) mass is 289 g/mol. The second kappa shape index (κ2) is 5.54. The largest absolute Gasteiger partial charge is 0.477 e. The summed E-state index contributed by atoms with van der Waals surface area (Å²) in [6.07, 6.45) is 3.92. The van der Waals surface area contributed by atoms with Crippen molar-refractivity contribution in [2.45, 2.75) is 38.8 Å². The van der Waals surface area contributed by atoms with Crippen LogP contribution in [-0.4, -0.2) is 17.1 Å². The van der Waals surface area contributed by atoms with Crippen molar-refractivity contribution >= 4 is 27.4 Å². The van der Waals surface area contributed by atoms with Crippen molar-refractivity contribution in [3.63, 3.8) is 0 Å². The smallest absolute Gasteiger partial charge is 0.346 e. The second-order valence-corrected chi connectivity index (χ2v) is 6.62. The van der Waals surface area contributed by atoms with E-state index in [0.29, 0.717) is 17.5 Å². The molecular formula is C16H19NO2S. The molecule has 1 unspecified atom stereocenters. The fourth-order valence-corrected chi connectivity index (χ4v) is 3.88. The van der Waals surface area contributed by atoms with E-state index in [0.717, 1.165) is 21.6 Å². The molecule has 1 aliphatic rings. The molecule has 0 spiro atoms. The van der Waals surface area contributed by atoms with Crippen LogP contribution in [0.2, 0.25) is 0 Å². The van der Waals surface area contributed by atoms with Crippen LogP contribution in [0.3, 0.4) is 0 Å². The van der Waals surface area contributed by atoms with Crippen molar-refractivity contribution in [3.05, 3.63) is 34.7 Å². The molecule has 0 amide bonds. The van der Waals surface area contributed by atoms with Gasteiger partial charge in [0.2, 0.25) is 0 Å². The number of benzene rings is 1. The first-order valence-corrected chi connectivity index (χ1v) is 7.95. The normalized spacial score (nSPS) is 17.1. The SMILES string of the molecule is CC(NCc1c(C(=O)O)sc2ccccc12)C1CCC1. The molecule has 0 aliphatic heterocycles. The van der Waals surface area contributed by atoms with Crippen LogP contribution < -0.4 is 5.32 Å². The Balaban J connectivity index is 1.84. The van der Waals surface area contributed by atoms with E-state index in [1.165, 1.54) is 30.6 Å². The molecule has 106 valence electrons. The third kappa shape index (κ3) is 2.45. The molecular weight excluding hydrogens is 270 g/mol. The molecule has 2 aromatic rings. The van der Waals surface area contributed by atoms with E-state index in [1.54, 1.807) is 0 Å². The van der Waals surface area contributed by atoms with E-state index in [1.807, 2.05) is 24.3 Å². The lowest BCUT2D eigenvalue weighted by Gasteiger charge is -2.32. The molecule has 1 atom stereocenters. The van der Waals surface area contributed by atoms with Crippen molar-refractivity contribution in [1.29, 1.82) is 0 Å². The summed E-state index contributed by atoms with van der Waals surface area (Å²) >= 11 is 1.37. The lowest BCUT2D eigenvalue weighted by molar-refractivity contribution is 0.0701. The maximum absolute atomic E-state index is 11.4. The van der Waals surface area contributed by atoms with Crippen LogP contribution in [0.25, 0.3) is 10.1 Å². The van der Waals surface area contributed by atoms with Gasteiger partial charge in [-0.1, -0.05) is 24.6 Å². The number of carboxylic acids is 1. The van der Waals surface area contributed by atoms with Crippen LogP contribution in [0.5, 0.6) is 0 Å². The summed E-state index contributed by atoms with van der Waals surface area (Å²) in [5.74, 6) is -0.0625. The Morgan fingerprint density at radius 1 is 1.45 bits per heavy atom. The highest BCUT2D eigenvalue weighted by Crippen LogP contribution is 2.33. The molecule has 0 radical (unpaired) electrons.